The van der Waals surface area contributed by atoms with E-state index < -0.39 is 0 Å². The molecule has 0 aliphatic carbocycles. The second-order valence-electron chi connectivity index (χ2n) is 4.10. The van der Waals surface area contributed by atoms with Crippen LogP contribution in [0.5, 0.6) is 0 Å². The van der Waals surface area contributed by atoms with Gasteiger partial charge in [0, 0.05) is 13.1 Å². The van der Waals surface area contributed by atoms with E-state index >= 15 is 0 Å². The number of rotatable bonds is 5. The van der Waals surface area contributed by atoms with Crippen molar-refractivity contribution in [1.82, 2.24) is 5.32 Å². The van der Waals surface area contributed by atoms with Crippen molar-refractivity contribution in [2.24, 2.45) is 5.73 Å². The maximum Gasteiger partial charge on any atom is 0.122 e. The van der Waals surface area contributed by atoms with Crippen LogP contribution >= 0.6 is 0 Å². The summed E-state index contributed by atoms with van der Waals surface area (Å²) in [7, 11) is 0. The average molecular weight is 230 g/mol. The molecule has 3 N–H and O–H groups in total. The van der Waals surface area contributed by atoms with Crippen molar-refractivity contribution in [2.75, 3.05) is 6.54 Å². The maximum absolute atomic E-state index is 5.76. The van der Waals surface area contributed by atoms with E-state index in [-0.39, 0.29) is 6.04 Å². The predicted molar refractivity (Wildman–Crippen MR) is 68.5 cm³/mol. The molecule has 0 bridgehead atoms. The lowest BCUT2D eigenvalue weighted by Gasteiger charge is -2.14. The second kappa shape index (κ2) is 5.66. The lowest BCUT2D eigenvalue weighted by Crippen LogP contribution is -2.27. The molecule has 3 heteroatoms. The number of hydrogen-bond donors (Lipinski definition) is 2. The first-order valence-corrected chi connectivity index (χ1v) is 5.83. The van der Waals surface area contributed by atoms with Crippen LogP contribution in [0.2, 0.25) is 0 Å². The van der Waals surface area contributed by atoms with Gasteiger partial charge in [0.15, 0.2) is 0 Å². The summed E-state index contributed by atoms with van der Waals surface area (Å²) in [5.74, 6) is 1.82. The number of nitrogens with one attached hydrogen (secondary N) is 1. The van der Waals surface area contributed by atoms with Crippen molar-refractivity contribution >= 4 is 0 Å². The molecule has 0 fully saturated rings. The fourth-order valence-electron chi connectivity index (χ4n) is 1.78. The van der Waals surface area contributed by atoms with Crippen LogP contribution in [0.15, 0.2) is 46.9 Å². The minimum atomic E-state index is 0.0731. The van der Waals surface area contributed by atoms with Gasteiger partial charge in [0.05, 0.1) is 6.04 Å². The van der Waals surface area contributed by atoms with Gasteiger partial charge in [0.1, 0.15) is 11.5 Å². The van der Waals surface area contributed by atoms with E-state index in [0.29, 0.717) is 6.54 Å². The van der Waals surface area contributed by atoms with Crippen LogP contribution in [0, 0.1) is 6.92 Å². The van der Waals surface area contributed by atoms with Gasteiger partial charge in [0.2, 0.25) is 0 Å². The molecule has 2 aromatic rings. The Morgan fingerprint density at radius 1 is 1.18 bits per heavy atom. The first-order valence-electron chi connectivity index (χ1n) is 5.83. The molecule has 0 saturated heterocycles. The molecule has 0 amide bonds. The van der Waals surface area contributed by atoms with Gasteiger partial charge >= 0.3 is 0 Å². The highest BCUT2D eigenvalue weighted by atomic mass is 16.3. The quantitative estimate of drug-likeness (QED) is 0.829. The van der Waals surface area contributed by atoms with Crippen LogP contribution in [0.4, 0.5) is 0 Å². The molecule has 0 aliphatic heterocycles. The Labute approximate surface area is 102 Å². The van der Waals surface area contributed by atoms with E-state index in [1.807, 2.05) is 37.3 Å². The Morgan fingerprint density at radius 3 is 2.53 bits per heavy atom. The summed E-state index contributed by atoms with van der Waals surface area (Å²) in [6.07, 6.45) is 0. The van der Waals surface area contributed by atoms with E-state index in [1.165, 1.54) is 5.56 Å². The molecular formula is C14H18N2O. The summed E-state index contributed by atoms with van der Waals surface area (Å²) in [5.41, 5.74) is 7.00. The Balaban J connectivity index is 1.97. The van der Waals surface area contributed by atoms with Gasteiger partial charge < -0.3 is 15.5 Å². The number of aryl methyl sites for hydroxylation is 1. The molecular weight excluding hydrogens is 212 g/mol. The minimum absolute atomic E-state index is 0.0731. The van der Waals surface area contributed by atoms with Crippen LogP contribution in [0.1, 0.15) is 23.1 Å². The third-order valence-electron chi connectivity index (χ3n) is 2.74. The molecule has 1 unspecified atom stereocenters. The maximum atomic E-state index is 5.76. The van der Waals surface area contributed by atoms with Gasteiger partial charge in [-0.3, -0.25) is 0 Å². The van der Waals surface area contributed by atoms with Crippen LogP contribution < -0.4 is 11.1 Å². The van der Waals surface area contributed by atoms with Crippen molar-refractivity contribution < 1.29 is 4.42 Å². The molecule has 0 radical (unpaired) electrons. The summed E-state index contributed by atoms with van der Waals surface area (Å²) in [6.45, 7) is 3.26. The zero-order chi connectivity index (χ0) is 12.1. The van der Waals surface area contributed by atoms with Gasteiger partial charge in [0.25, 0.3) is 0 Å². The van der Waals surface area contributed by atoms with E-state index in [2.05, 4.69) is 17.4 Å². The van der Waals surface area contributed by atoms with E-state index in [0.717, 1.165) is 18.1 Å². The number of furan rings is 1. The normalized spacial score (nSPS) is 12.6. The van der Waals surface area contributed by atoms with Crippen LogP contribution in [0.3, 0.4) is 0 Å². The molecule has 3 nitrogen and oxygen atoms in total. The van der Waals surface area contributed by atoms with Gasteiger partial charge in [-0.05, 0) is 24.6 Å². The van der Waals surface area contributed by atoms with Crippen LogP contribution in [0.25, 0.3) is 0 Å². The molecule has 0 saturated carbocycles. The number of nitrogens with two attached hydrogens (primary N) is 1. The van der Waals surface area contributed by atoms with Crippen molar-refractivity contribution in [3.8, 4) is 0 Å². The van der Waals surface area contributed by atoms with Crippen molar-refractivity contribution in [3.05, 3.63) is 59.5 Å². The van der Waals surface area contributed by atoms with E-state index in [9.17, 15) is 0 Å². The van der Waals surface area contributed by atoms with E-state index in [1.54, 1.807) is 0 Å². The zero-order valence-corrected chi connectivity index (χ0v) is 10.0. The Morgan fingerprint density at radius 2 is 1.94 bits per heavy atom. The topological polar surface area (TPSA) is 51.2 Å². The van der Waals surface area contributed by atoms with Gasteiger partial charge in [-0.15, -0.1) is 0 Å². The monoisotopic (exact) mass is 230 g/mol. The average Bonchev–Trinajstić information content (AvgIpc) is 2.78. The molecule has 0 spiro atoms. The molecule has 1 aromatic heterocycles. The van der Waals surface area contributed by atoms with Gasteiger partial charge in [-0.2, -0.15) is 0 Å². The smallest absolute Gasteiger partial charge is 0.122 e. The van der Waals surface area contributed by atoms with E-state index in [4.69, 9.17) is 10.2 Å². The van der Waals surface area contributed by atoms with Crippen molar-refractivity contribution in [3.63, 3.8) is 0 Å². The molecule has 1 heterocycles. The Kier molecular flexibility index (Phi) is 3.96. The zero-order valence-electron chi connectivity index (χ0n) is 10.0. The highest BCUT2D eigenvalue weighted by Crippen LogP contribution is 2.15. The minimum Gasteiger partial charge on any atom is -0.465 e. The lowest BCUT2D eigenvalue weighted by atomic mass is 10.2. The Bertz CT molecular complexity index is 450. The van der Waals surface area contributed by atoms with Gasteiger partial charge in [-0.1, -0.05) is 30.3 Å². The summed E-state index contributed by atoms with van der Waals surface area (Å²) in [5, 5.41) is 3.40. The summed E-state index contributed by atoms with van der Waals surface area (Å²) in [4.78, 5) is 0. The molecule has 0 aliphatic rings. The van der Waals surface area contributed by atoms with Gasteiger partial charge in [-0.25, -0.2) is 0 Å². The third-order valence-corrected chi connectivity index (χ3v) is 2.74. The summed E-state index contributed by atoms with van der Waals surface area (Å²) >= 11 is 0. The molecule has 1 atom stereocenters. The van der Waals surface area contributed by atoms with Crippen molar-refractivity contribution in [1.29, 1.82) is 0 Å². The highest BCUT2D eigenvalue weighted by Gasteiger charge is 2.12. The lowest BCUT2D eigenvalue weighted by molar-refractivity contribution is 0.403. The summed E-state index contributed by atoms with van der Waals surface area (Å²) < 4.78 is 5.58. The first kappa shape index (κ1) is 11.9. The van der Waals surface area contributed by atoms with Crippen LogP contribution in [-0.4, -0.2) is 6.54 Å². The fraction of sp³-hybridized carbons (Fsp3) is 0.286. The van der Waals surface area contributed by atoms with Crippen molar-refractivity contribution in [2.45, 2.75) is 19.5 Å². The Hall–Kier alpha value is -1.58. The molecule has 2 rings (SSSR count). The largest absolute Gasteiger partial charge is 0.465 e. The third kappa shape index (κ3) is 3.19. The fourth-order valence-corrected chi connectivity index (χ4v) is 1.78. The predicted octanol–water partition coefficient (Wildman–Crippen LogP) is 2.38. The number of hydrogen-bond acceptors (Lipinski definition) is 3. The first-order chi connectivity index (χ1) is 8.29. The molecule has 1 aromatic carbocycles. The second-order valence-corrected chi connectivity index (χ2v) is 4.10. The summed E-state index contributed by atoms with van der Waals surface area (Å²) in [6, 6.07) is 14.3. The highest BCUT2D eigenvalue weighted by molar-refractivity contribution is 5.15. The number of benzene rings is 1. The molecule has 90 valence electrons. The SMILES string of the molecule is Cc1ccc(C(CN)NCc2ccccc2)o1. The standard InChI is InChI=1S/C14H18N2O/c1-11-7-8-14(17-11)13(9-15)16-10-12-5-3-2-4-6-12/h2-8,13,16H,9-10,15H2,1H3. The van der Waals surface area contributed by atoms with Crippen LogP contribution in [-0.2, 0) is 6.54 Å². The molecule has 17 heavy (non-hydrogen) atoms.